The number of nitrogens with one attached hydrogen (secondary N) is 1. The molecule has 0 aliphatic heterocycles. The first-order chi connectivity index (χ1) is 12.8. The molecule has 0 unspecified atom stereocenters. The Morgan fingerprint density at radius 1 is 0.962 bits per heavy atom. The summed E-state index contributed by atoms with van der Waals surface area (Å²) in [4.78, 5) is 4.47. The van der Waals surface area contributed by atoms with Crippen LogP contribution in [0, 0.1) is 0 Å². The van der Waals surface area contributed by atoms with Gasteiger partial charge in [-0.3, -0.25) is 0 Å². The van der Waals surface area contributed by atoms with Crippen molar-refractivity contribution in [2.24, 2.45) is 0 Å². The summed E-state index contributed by atoms with van der Waals surface area (Å²) in [7, 11) is 0. The SMILES string of the molecule is CCOc1ccc(-c2noc(CNc3cccc4ccccc34)n2)cc1. The summed E-state index contributed by atoms with van der Waals surface area (Å²) in [6.07, 6.45) is 0. The van der Waals surface area contributed by atoms with Crippen LogP contribution in [-0.4, -0.2) is 16.7 Å². The summed E-state index contributed by atoms with van der Waals surface area (Å²) in [6.45, 7) is 3.08. The van der Waals surface area contributed by atoms with E-state index in [1.807, 2.05) is 55.5 Å². The van der Waals surface area contributed by atoms with E-state index < -0.39 is 0 Å². The predicted octanol–water partition coefficient (Wildman–Crippen LogP) is 4.90. The smallest absolute Gasteiger partial charge is 0.246 e. The van der Waals surface area contributed by atoms with Crippen LogP contribution in [0.1, 0.15) is 12.8 Å². The molecule has 0 radical (unpaired) electrons. The van der Waals surface area contributed by atoms with Gasteiger partial charge in [0.2, 0.25) is 11.7 Å². The van der Waals surface area contributed by atoms with Crippen LogP contribution in [0.5, 0.6) is 5.75 Å². The van der Waals surface area contributed by atoms with E-state index in [0.717, 1.165) is 17.0 Å². The van der Waals surface area contributed by atoms with Crippen molar-refractivity contribution in [3.63, 3.8) is 0 Å². The minimum atomic E-state index is 0.470. The topological polar surface area (TPSA) is 60.2 Å². The van der Waals surface area contributed by atoms with Gasteiger partial charge in [0.1, 0.15) is 5.75 Å². The number of anilines is 1. The van der Waals surface area contributed by atoms with Gasteiger partial charge in [-0.15, -0.1) is 0 Å². The molecule has 1 N–H and O–H groups in total. The zero-order valence-corrected chi connectivity index (χ0v) is 14.5. The minimum Gasteiger partial charge on any atom is -0.494 e. The molecular weight excluding hydrogens is 326 g/mol. The number of benzene rings is 3. The van der Waals surface area contributed by atoms with Crippen molar-refractivity contribution in [3.8, 4) is 17.1 Å². The van der Waals surface area contributed by atoms with Crippen LogP contribution < -0.4 is 10.1 Å². The average Bonchev–Trinajstić information content (AvgIpc) is 3.16. The maximum Gasteiger partial charge on any atom is 0.246 e. The first-order valence-corrected chi connectivity index (χ1v) is 8.61. The number of hydrogen-bond acceptors (Lipinski definition) is 5. The van der Waals surface area contributed by atoms with Crippen LogP contribution >= 0.6 is 0 Å². The molecule has 0 bridgehead atoms. The van der Waals surface area contributed by atoms with Crippen molar-refractivity contribution in [2.45, 2.75) is 13.5 Å². The van der Waals surface area contributed by atoms with Crippen molar-refractivity contribution in [3.05, 3.63) is 72.6 Å². The molecule has 0 aliphatic carbocycles. The summed E-state index contributed by atoms with van der Waals surface area (Å²) in [5.74, 6) is 1.95. The van der Waals surface area contributed by atoms with Crippen LogP contribution in [-0.2, 0) is 6.54 Å². The van der Waals surface area contributed by atoms with Gasteiger partial charge in [0.25, 0.3) is 0 Å². The molecule has 4 rings (SSSR count). The van der Waals surface area contributed by atoms with Crippen molar-refractivity contribution >= 4 is 16.5 Å². The maximum absolute atomic E-state index is 5.45. The first-order valence-electron chi connectivity index (χ1n) is 8.61. The highest BCUT2D eigenvalue weighted by atomic mass is 16.5. The fraction of sp³-hybridized carbons (Fsp3) is 0.143. The highest BCUT2D eigenvalue weighted by Gasteiger charge is 2.09. The Bertz CT molecular complexity index is 1000. The van der Waals surface area contributed by atoms with Crippen molar-refractivity contribution in [1.29, 1.82) is 0 Å². The molecule has 0 aliphatic rings. The summed E-state index contributed by atoms with van der Waals surface area (Å²) in [5.41, 5.74) is 1.94. The highest BCUT2D eigenvalue weighted by molar-refractivity contribution is 5.93. The number of nitrogens with zero attached hydrogens (tertiary/aromatic N) is 2. The molecule has 0 spiro atoms. The number of aromatic nitrogens is 2. The van der Waals surface area contributed by atoms with E-state index in [1.54, 1.807) is 0 Å². The average molecular weight is 345 g/mol. The van der Waals surface area contributed by atoms with Gasteiger partial charge in [0.15, 0.2) is 0 Å². The molecule has 3 aromatic carbocycles. The molecule has 5 heteroatoms. The number of fused-ring (bicyclic) bond motifs is 1. The Kier molecular flexibility index (Phi) is 4.51. The van der Waals surface area contributed by atoms with Crippen molar-refractivity contribution in [1.82, 2.24) is 10.1 Å². The quantitative estimate of drug-likeness (QED) is 0.538. The minimum absolute atomic E-state index is 0.470. The molecule has 26 heavy (non-hydrogen) atoms. The van der Waals surface area contributed by atoms with Crippen LogP contribution in [0.3, 0.4) is 0 Å². The van der Waals surface area contributed by atoms with E-state index in [4.69, 9.17) is 9.26 Å². The fourth-order valence-electron chi connectivity index (χ4n) is 2.86. The zero-order chi connectivity index (χ0) is 17.8. The van der Waals surface area contributed by atoms with E-state index >= 15 is 0 Å². The second-order valence-corrected chi connectivity index (χ2v) is 5.85. The molecule has 0 atom stereocenters. The Balaban J connectivity index is 1.48. The van der Waals surface area contributed by atoms with E-state index in [0.29, 0.717) is 24.9 Å². The molecule has 0 saturated heterocycles. The standard InChI is InChI=1S/C21H19N3O2/c1-2-25-17-12-10-16(11-13-17)21-23-20(26-24-21)14-22-19-9-5-7-15-6-3-4-8-18(15)19/h3-13,22H,2,14H2,1H3. The fourth-order valence-corrected chi connectivity index (χ4v) is 2.86. The van der Waals surface area contributed by atoms with Gasteiger partial charge < -0.3 is 14.6 Å². The van der Waals surface area contributed by atoms with E-state index in [9.17, 15) is 0 Å². The third-order valence-electron chi connectivity index (χ3n) is 4.11. The van der Waals surface area contributed by atoms with E-state index in [-0.39, 0.29) is 0 Å². The van der Waals surface area contributed by atoms with Gasteiger partial charge in [-0.2, -0.15) is 4.98 Å². The van der Waals surface area contributed by atoms with Gasteiger partial charge in [-0.1, -0.05) is 41.6 Å². The molecule has 0 fully saturated rings. The first kappa shape index (κ1) is 16.1. The predicted molar refractivity (Wildman–Crippen MR) is 102 cm³/mol. The lowest BCUT2D eigenvalue weighted by atomic mass is 10.1. The summed E-state index contributed by atoms with van der Waals surface area (Å²) >= 11 is 0. The van der Waals surface area contributed by atoms with Gasteiger partial charge in [0.05, 0.1) is 13.2 Å². The third-order valence-corrected chi connectivity index (χ3v) is 4.11. The Labute approximate surface area is 151 Å². The van der Waals surface area contributed by atoms with Crippen LogP contribution in [0.25, 0.3) is 22.2 Å². The highest BCUT2D eigenvalue weighted by Crippen LogP contribution is 2.24. The lowest BCUT2D eigenvalue weighted by Gasteiger charge is -2.07. The van der Waals surface area contributed by atoms with Crippen molar-refractivity contribution < 1.29 is 9.26 Å². The largest absolute Gasteiger partial charge is 0.494 e. The van der Waals surface area contributed by atoms with Crippen LogP contribution in [0.4, 0.5) is 5.69 Å². The van der Waals surface area contributed by atoms with Crippen molar-refractivity contribution in [2.75, 3.05) is 11.9 Å². The Morgan fingerprint density at radius 3 is 2.62 bits per heavy atom. The van der Waals surface area contributed by atoms with Gasteiger partial charge in [-0.05, 0) is 42.6 Å². The normalized spacial score (nSPS) is 10.8. The van der Waals surface area contributed by atoms with Gasteiger partial charge in [-0.25, -0.2) is 0 Å². The molecule has 0 saturated carbocycles. The zero-order valence-electron chi connectivity index (χ0n) is 14.5. The summed E-state index contributed by atoms with van der Waals surface area (Å²) in [5, 5.41) is 9.81. The molecule has 130 valence electrons. The summed E-state index contributed by atoms with van der Waals surface area (Å²) in [6, 6.07) is 22.1. The van der Waals surface area contributed by atoms with Crippen LogP contribution in [0.2, 0.25) is 0 Å². The van der Waals surface area contributed by atoms with Crippen LogP contribution in [0.15, 0.2) is 71.3 Å². The number of hydrogen-bond donors (Lipinski definition) is 1. The molecule has 1 aromatic heterocycles. The molecular formula is C21H19N3O2. The molecule has 1 heterocycles. The second kappa shape index (κ2) is 7.27. The lowest BCUT2D eigenvalue weighted by molar-refractivity contribution is 0.340. The summed E-state index contributed by atoms with van der Waals surface area (Å²) < 4.78 is 10.8. The monoisotopic (exact) mass is 345 g/mol. The van der Waals surface area contributed by atoms with Gasteiger partial charge >= 0.3 is 0 Å². The lowest BCUT2D eigenvalue weighted by Crippen LogP contribution is -2.00. The van der Waals surface area contributed by atoms with E-state index in [2.05, 4.69) is 33.7 Å². The maximum atomic E-state index is 5.45. The second-order valence-electron chi connectivity index (χ2n) is 5.85. The third kappa shape index (κ3) is 3.37. The number of ether oxygens (including phenoxy) is 1. The Morgan fingerprint density at radius 2 is 1.77 bits per heavy atom. The van der Waals surface area contributed by atoms with Gasteiger partial charge in [0, 0.05) is 16.6 Å². The molecule has 5 nitrogen and oxygen atoms in total. The van der Waals surface area contributed by atoms with E-state index in [1.165, 1.54) is 10.8 Å². The molecule has 0 amide bonds. The number of rotatable bonds is 6. The Hall–Kier alpha value is -3.34. The molecule has 4 aromatic rings.